The van der Waals surface area contributed by atoms with Gasteiger partial charge in [-0.05, 0) is 30.2 Å². The molecule has 3 N–H and O–H groups in total. The molecular formula is C24H24N6OS. The molecule has 32 heavy (non-hydrogen) atoms. The number of hydrogen-bond acceptors (Lipinski definition) is 7. The normalized spacial score (nSPS) is 11.0. The lowest BCUT2D eigenvalue weighted by atomic mass is 10.2. The Bertz CT molecular complexity index is 1170. The van der Waals surface area contributed by atoms with Crippen LogP contribution in [0, 0.1) is 6.92 Å². The van der Waals surface area contributed by atoms with E-state index >= 15 is 0 Å². The van der Waals surface area contributed by atoms with Crippen molar-refractivity contribution in [2.75, 3.05) is 11.3 Å². The van der Waals surface area contributed by atoms with Gasteiger partial charge >= 0.3 is 0 Å². The maximum Gasteiger partial charge on any atom is 0.264 e. The zero-order valence-corrected chi connectivity index (χ0v) is 18.5. The Labute approximate surface area is 191 Å². The second-order valence-corrected chi connectivity index (χ2v) is 8.08. The van der Waals surface area contributed by atoms with Crippen LogP contribution in [0.15, 0.2) is 89.1 Å². The number of nitrogens with zero attached hydrogens (tertiary/aromatic N) is 4. The van der Waals surface area contributed by atoms with Gasteiger partial charge in [0, 0.05) is 11.3 Å². The molecule has 0 unspecified atom stereocenters. The van der Waals surface area contributed by atoms with Gasteiger partial charge in [0.05, 0.1) is 6.21 Å². The van der Waals surface area contributed by atoms with Crippen LogP contribution >= 0.6 is 11.8 Å². The second kappa shape index (κ2) is 10.5. The number of anilines is 1. The third-order valence-electron chi connectivity index (χ3n) is 4.68. The molecule has 1 aromatic heterocycles. The fourth-order valence-corrected chi connectivity index (χ4v) is 3.71. The van der Waals surface area contributed by atoms with Gasteiger partial charge in [0.1, 0.15) is 12.4 Å². The summed E-state index contributed by atoms with van der Waals surface area (Å²) in [5.74, 6) is 7.98. The van der Waals surface area contributed by atoms with E-state index in [0.717, 1.165) is 22.6 Å². The predicted molar refractivity (Wildman–Crippen MR) is 129 cm³/mol. The van der Waals surface area contributed by atoms with E-state index < -0.39 is 0 Å². The molecule has 0 aliphatic heterocycles. The van der Waals surface area contributed by atoms with Crippen LogP contribution in [-0.2, 0) is 12.4 Å². The number of nitrogens with one attached hydrogen (secondary N) is 1. The van der Waals surface area contributed by atoms with Crippen LogP contribution in [0.5, 0.6) is 5.75 Å². The van der Waals surface area contributed by atoms with Gasteiger partial charge in [0.15, 0.2) is 0 Å². The Morgan fingerprint density at radius 1 is 0.969 bits per heavy atom. The average Bonchev–Trinajstić information content (AvgIpc) is 3.18. The summed E-state index contributed by atoms with van der Waals surface area (Å²) in [6.07, 6.45) is 1.67. The van der Waals surface area contributed by atoms with Crippen molar-refractivity contribution in [2.45, 2.75) is 24.4 Å². The van der Waals surface area contributed by atoms with E-state index in [0.29, 0.717) is 17.7 Å². The van der Waals surface area contributed by atoms with E-state index in [2.05, 4.69) is 51.9 Å². The number of thioether (sulfide) groups is 1. The molecular weight excluding hydrogens is 420 g/mol. The molecule has 0 fully saturated rings. The highest BCUT2D eigenvalue weighted by Crippen LogP contribution is 2.22. The molecule has 0 radical (unpaired) electrons. The van der Waals surface area contributed by atoms with Gasteiger partial charge in [0.2, 0.25) is 5.16 Å². The van der Waals surface area contributed by atoms with Gasteiger partial charge in [-0.15, -0.1) is 10.2 Å². The number of nitrogens with two attached hydrogens (primary N) is 1. The zero-order valence-electron chi connectivity index (χ0n) is 17.7. The van der Waals surface area contributed by atoms with E-state index in [9.17, 15) is 0 Å². The molecule has 7 nitrogen and oxygen atoms in total. The van der Waals surface area contributed by atoms with Crippen molar-refractivity contribution in [1.82, 2.24) is 14.9 Å². The van der Waals surface area contributed by atoms with Crippen LogP contribution in [0.4, 0.5) is 5.95 Å². The molecule has 0 saturated carbocycles. The number of hydrogen-bond donors (Lipinski definition) is 2. The molecule has 0 atom stereocenters. The zero-order chi connectivity index (χ0) is 22.2. The quantitative estimate of drug-likeness (QED) is 0.169. The molecule has 1 heterocycles. The molecule has 4 aromatic rings. The molecule has 3 aromatic carbocycles. The number of benzene rings is 3. The number of para-hydroxylation sites is 1. The Hall–Kier alpha value is -3.78. The number of ether oxygens (including phenoxy) is 1. The Kier molecular flexibility index (Phi) is 7.04. The van der Waals surface area contributed by atoms with E-state index in [1.165, 1.54) is 27.6 Å². The Balaban J connectivity index is 1.35. The highest BCUT2D eigenvalue weighted by molar-refractivity contribution is 7.98. The summed E-state index contributed by atoms with van der Waals surface area (Å²) in [5, 5.41) is 13.1. The van der Waals surface area contributed by atoms with Crippen molar-refractivity contribution in [2.24, 2.45) is 5.10 Å². The molecule has 0 saturated heterocycles. The minimum atomic E-state index is 0.357. The number of aryl methyl sites for hydroxylation is 1. The fourth-order valence-electron chi connectivity index (χ4n) is 2.90. The van der Waals surface area contributed by atoms with Gasteiger partial charge in [-0.1, -0.05) is 84.1 Å². The first-order valence-electron chi connectivity index (χ1n) is 10.1. The third-order valence-corrected chi connectivity index (χ3v) is 5.69. The lowest BCUT2D eigenvalue weighted by Crippen LogP contribution is -2.13. The topological polar surface area (TPSA) is 90.4 Å². The SMILES string of the molecule is Cc1ccc(CSc2nnc(N/N=C/c3ccccc3OCc3ccccc3)n2N)cc1. The largest absolute Gasteiger partial charge is 0.488 e. The predicted octanol–water partition coefficient (Wildman–Crippen LogP) is 4.62. The minimum absolute atomic E-state index is 0.357. The first kappa shape index (κ1) is 21.5. The van der Waals surface area contributed by atoms with Crippen LogP contribution in [-0.4, -0.2) is 21.1 Å². The summed E-state index contributed by atoms with van der Waals surface area (Å²) < 4.78 is 7.35. The highest BCUT2D eigenvalue weighted by atomic mass is 32.2. The van der Waals surface area contributed by atoms with E-state index in [4.69, 9.17) is 10.6 Å². The van der Waals surface area contributed by atoms with Crippen molar-refractivity contribution in [3.8, 4) is 5.75 Å². The van der Waals surface area contributed by atoms with Crippen molar-refractivity contribution >= 4 is 23.9 Å². The molecule has 0 spiro atoms. The van der Waals surface area contributed by atoms with Gasteiger partial charge < -0.3 is 10.6 Å². The first-order chi connectivity index (χ1) is 15.7. The summed E-state index contributed by atoms with van der Waals surface area (Å²) in [4.78, 5) is 0. The van der Waals surface area contributed by atoms with E-state index in [1.54, 1.807) is 6.21 Å². The summed E-state index contributed by atoms with van der Waals surface area (Å²) >= 11 is 1.52. The van der Waals surface area contributed by atoms with Crippen LogP contribution < -0.4 is 16.0 Å². The smallest absolute Gasteiger partial charge is 0.264 e. The molecule has 8 heteroatoms. The maximum atomic E-state index is 6.12. The van der Waals surface area contributed by atoms with E-state index in [1.807, 2.05) is 54.6 Å². The third kappa shape index (κ3) is 5.67. The number of hydrazone groups is 1. The monoisotopic (exact) mass is 444 g/mol. The highest BCUT2D eigenvalue weighted by Gasteiger charge is 2.10. The first-order valence-corrected chi connectivity index (χ1v) is 11.1. The molecule has 0 aliphatic rings. The number of nitrogen functional groups attached to an aromatic ring is 1. The summed E-state index contributed by atoms with van der Waals surface area (Å²) in [6.45, 7) is 2.55. The lowest BCUT2D eigenvalue weighted by Gasteiger charge is -2.09. The van der Waals surface area contributed by atoms with Gasteiger partial charge in [-0.25, -0.2) is 10.1 Å². The summed E-state index contributed by atoms with van der Waals surface area (Å²) in [6, 6.07) is 26.1. The van der Waals surface area contributed by atoms with Crippen molar-refractivity contribution in [1.29, 1.82) is 0 Å². The molecule has 4 rings (SSSR count). The number of aromatic nitrogens is 3. The molecule has 162 valence electrons. The standard InChI is InChI=1S/C24H24N6OS/c1-18-11-13-20(14-12-18)17-32-24-29-28-23(30(24)25)27-26-15-21-9-5-6-10-22(21)31-16-19-7-3-2-4-8-19/h2-15H,16-17,25H2,1H3,(H,27,28)/b26-15+. The lowest BCUT2D eigenvalue weighted by molar-refractivity contribution is 0.306. The van der Waals surface area contributed by atoms with Crippen molar-refractivity contribution in [3.05, 3.63) is 101 Å². The second-order valence-electron chi connectivity index (χ2n) is 7.13. The maximum absolute atomic E-state index is 6.12. The Morgan fingerprint density at radius 2 is 1.72 bits per heavy atom. The van der Waals surface area contributed by atoms with Crippen LogP contribution in [0.25, 0.3) is 0 Å². The number of rotatable bonds is 9. The van der Waals surface area contributed by atoms with E-state index in [-0.39, 0.29) is 0 Å². The van der Waals surface area contributed by atoms with Gasteiger partial charge in [0.25, 0.3) is 5.95 Å². The van der Waals surface area contributed by atoms with Crippen LogP contribution in [0.2, 0.25) is 0 Å². The fraction of sp³-hybridized carbons (Fsp3) is 0.125. The van der Waals surface area contributed by atoms with Crippen LogP contribution in [0.1, 0.15) is 22.3 Å². The van der Waals surface area contributed by atoms with Crippen molar-refractivity contribution in [3.63, 3.8) is 0 Å². The van der Waals surface area contributed by atoms with Crippen molar-refractivity contribution < 1.29 is 4.74 Å². The van der Waals surface area contributed by atoms with Gasteiger partial charge in [-0.3, -0.25) is 0 Å². The summed E-state index contributed by atoms with van der Waals surface area (Å²) in [7, 11) is 0. The minimum Gasteiger partial charge on any atom is -0.488 e. The molecule has 0 bridgehead atoms. The molecule has 0 aliphatic carbocycles. The average molecular weight is 445 g/mol. The molecule has 0 amide bonds. The summed E-state index contributed by atoms with van der Waals surface area (Å²) in [5.41, 5.74) is 7.23. The Morgan fingerprint density at radius 3 is 2.53 bits per heavy atom. The van der Waals surface area contributed by atoms with Crippen LogP contribution in [0.3, 0.4) is 0 Å². The van der Waals surface area contributed by atoms with Gasteiger partial charge in [-0.2, -0.15) is 5.10 Å².